The molecular formula is C142H130. The molecule has 22 aromatic rings. The monoisotopic (exact) mass is 1840 g/mol. The summed E-state index contributed by atoms with van der Waals surface area (Å²) >= 11 is 0. The van der Waals surface area contributed by atoms with Crippen LogP contribution >= 0.6 is 0 Å². The van der Waals surface area contributed by atoms with Crippen molar-refractivity contribution in [2.75, 3.05) is 0 Å². The molecule has 3 aliphatic rings. The highest BCUT2D eigenvalue weighted by Crippen LogP contribution is 2.45. The summed E-state index contributed by atoms with van der Waals surface area (Å²) in [7, 11) is 0. The molecule has 0 heterocycles. The standard InChI is InChI=1S/3C20H18.C18H18.C18H14.C16H16.C16H14.C14H14/c1-15-3-7-17(8-4-15)19-11-13-20(14-12-19)18-9-5-16(2)6-10-18;1-15-6-10-17(11-7-15)19-4-3-5-20(14-19)18-12-8-16(2)9-13-18;1-15-7-11-17(12-8-15)19-5-3-4-6-20(19)18-13-9-16(2)10-14-18;2*1-11-7-13-3-5-15-9-12(2)10-16-6-4-14(8-11)17(13)18(15)16;2*1-11-3-7-15-13(9-11)5-6-14-10-12(2)4-8-16(14)15;1-11-7-3-5-9-13(11)14-10-6-4-8-12(14)2/h3*3-14H,1-2H3;7-10H,3-6H2,1-2H3;3-10H,1-2H3;3-4,7-10H,5-6H2,1-2H3;3-10H,1-2H3;3-10H,1-2H3. The zero-order chi connectivity index (χ0) is 98.6. The van der Waals surface area contributed by atoms with Crippen molar-refractivity contribution in [2.45, 2.75) is 149 Å². The van der Waals surface area contributed by atoms with E-state index in [1.807, 2.05) is 0 Å². The quantitative estimate of drug-likeness (QED) is 0.140. The van der Waals surface area contributed by atoms with Gasteiger partial charge in [0, 0.05) is 0 Å². The van der Waals surface area contributed by atoms with Gasteiger partial charge in [0.2, 0.25) is 0 Å². The van der Waals surface area contributed by atoms with E-state index in [4.69, 9.17) is 0 Å². The molecule has 22 aromatic carbocycles. The SMILES string of the molecule is Cc1cc2c3c(c1)CCc1cc(C)cc(c1-3)CC2.Cc1cc2ccc3cc(C)cc4ccc(c1)c2c34.Cc1ccc(-c2ccc(-c3ccc(C)cc3)cc2)cc1.Cc1ccc(-c2cccc(-c3ccc(C)cc3)c2)cc1.Cc1ccc(-c2ccccc2-c2ccc(C)cc2)cc1.Cc1ccc2c(c1)CCc1cc(C)ccc1-2.Cc1ccc2c(ccc3cc(C)ccc32)c1.Cc1ccccc1-c1ccccc1C. The van der Waals surface area contributed by atoms with Crippen LogP contribution in [0.25, 0.3) is 154 Å². The Morgan fingerprint density at radius 1 is 0.127 bits per heavy atom. The predicted molar refractivity (Wildman–Crippen MR) is 617 cm³/mol. The topological polar surface area (TPSA) is 0 Å². The molecular weight excluding hydrogens is 1710 g/mol. The highest BCUT2D eigenvalue weighted by molar-refractivity contribution is 6.23. The van der Waals surface area contributed by atoms with Gasteiger partial charge in [0.25, 0.3) is 0 Å². The lowest BCUT2D eigenvalue weighted by molar-refractivity contribution is 0.871. The molecule has 25 rings (SSSR count). The number of rotatable bonds is 7. The molecule has 0 heteroatoms. The smallest absolute Gasteiger partial charge is 0.00266 e. The van der Waals surface area contributed by atoms with Crippen LogP contribution in [0.1, 0.15) is 122 Å². The molecule has 698 valence electrons. The molecule has 0 fully saturated rings. The van der Waals surface area contributed by atoms with Crippen molar-refractivity contribution in [1.29, 1.82) is 0 Å². The molecule has 3 aliphatic carbocycles. The third kappa shape index (κ3) is 22.9. The predicted octanol–water partition coefficient (Wildman–Crippen LogP) is 38.9. The van der Waals surface area contributed by atoms with Crippen LogP contribution in [0.15, 0.2) is 425 Å². The molecule has 0 nitrogen and oxygen atoms in total. The van der Waals surface area contributed by atoms with Gasteiger partial charge in [-0.05, 0) is 365 Å². The van der Waals surface area contributed by atoms with Crippen LogP contribution in [0.3, 0.4) is 0 Å². The molecule has 0 spiro atoms. The van der Waals surface area contributed by atoms with Gasteiger partial charge >= 0.3 is 0 Å². The first-order chi connectivity index (χ1) is 68.9. The minimum atomic E-state index is 1.19. The zero-order valence-corrected chi connectivity index (χ0v) is 85.7. The lowest BCUT2D eigenvalue weighted by atomic mass is 9.74. The van der Waals surface area contributed by atoms with Crippen molar-refractivity contribution in [3.8, 4) is 100 Å². The number of aryl methyl sites for hydroxylation is 22. The Balaban J connectivity index is 0.000000107. The van der Waals surface area contributed by atoms with Crippen LogP contribution in [0.2, 0.25) is 0 Å². The van der Waals surface area contributed by atoms with Crippen LogP contribution in [-0.4, -0.2) is 0 Å². The second kappa shape index (κ2) is 43.8. The van der Waals surface area contributed by atoms with Crippen molar-refractivity contribution < 1.29 is 0 Å². The van der Waals surface area contributed by atoms with Gasteiger partial charge in [0.1, 0.15) is 0 Å². The maximum atomic E-state index is 2.40. The molecule has 0 unspecified atom stereocenters. The molecule has 0 amide bonds. The Kier molecular flexibility index (Phi) is 29.8. The lowest BCUT2D eigenvalue weighted by Gasteiger charge is -2.30. The minimum Gasteiger partial charge on any atom is -0.0620 e. The summed E-state index contributed by atoms with van der Waals surface area (Å²) in [6.45, 7) is 34.4. The fourth-order valence-corrected chi connectivity index (χ4v) is 20.9. The van der Waals surface area contributed by atoms with Gasteiger partial charge in [-0.1, -0.05) is 485 Å². The van der Waals surface area contributed by atoms with E-state index >= 15 is 0 Å². The van der Waals surface area contributed by atoms with Gasteiger partial charge in [-0.15, -0.1) is 0 Å². The van der Waals surface area contributed by atoms with E-state index in [0.29, 0.717) is 0 Å². The molecule has 0 bridgehead atoms. The van der Waals surface area contributed by atoms with Crippen molar-refractivity contribution >= 4 is 53.9 Å². The summed E-state index contributed by atoms with van der Waals surface area (Å²) in [5.74, 6) is 0. The summed E-state index contributed by atoms with van der Waals surface area (Å²) in [5.41, 5.74) is 54.7. The van der Waals surface area contributed by atoms with E-state index in [-0.39, 0.29) is 0 Å². The third-order valence-corrected chi connectivity index (χ3v) is 28.4. The largest absolute Gasteiger partial charge is 0.0620 e. The van der Waals surface area contributed by atoms with E-state index in [2.05, 4.69) is 535 Å². The van der Waals surface area contributed by atoms with E-state index < -0.39 is 0 Å². The molecule has 142 heavy (non-hydrogen) atoms. The number of hydrogen-bond acceptors (Lipinski definition) is 0. The van der Waals surface area contributed by atoms with E-state index in [1.54, 1.807) is 33.4 Å². The van der Waals surface area contributed by atoms with Crippen molar-refractivity contribution in [1.82, 2.24) is 0 Å². The van der Waals surface area contributed by atoms with Crippen molar-refractivity contribution in [2.24, 2.45) is 0 Å². The van der Waals surface area contributed by atoms with Gasteiger partial charge in [-0.2, -0.15) is 0 Å². The van der Waals surface area contributed by atoms with E-state index in [0.717, 1.165) is 0 Å². The average Bonchev–Trinajstić information content (AvgIpc) is 0.742. The van der Waals surface area contributed by atoms with Crippen LogP contribution < -0.4 is 0 Å². The fourth-order valence-electron chi connectivity index (χ4n) is 20.9. The summed E-state index contributed by atoms with van der Waals surface area (Å²) in [5, 5.41) is 13.6. The molecule has 0 radical (unpaired) electrons. The minimum absolute atomic E-state index is 1.19. The molecule has 0 saturated heterocycles. The fraction of sp³-hybridized carbons (Fsp3) is 0.155. The van der Waals surface area contributed by atoms with Crippen molar-refractivity contribution in [3.63, 3.8) is 0 Å². The van der Waals surface area contributed by atoms with E-state index in [9.17, 15) is 0 Å². The first kappa shape index (κ1) is 96.7. The summed E-state index contributed by atoms with van der Waals surface area (Å²) in [6.07, 6.45) is 7.26. The van der Waals surface area contributed by atoms with Crippen LogP contribution in [0, 0.1) is 111 Å². The first-order valence-electron chi connectivity index (χ1n) is 50.7. The van der Waals surface area contributed by atoms with Gasteiger partial charge in [0.15, 0.2) is 0 Å². The van der Waals surface area contributed by atoms with Gasteiger partial charge in [-0.25, -0.2) is 0 Å². The van der Waals surface area contributed by atoms with Crippen molar-refractivity contribution in [3.05, 3.63) is 547 Å². The molecule has 0 aliphatic heterocycles. The highest BCUT2D eigenvalue weighted by atomic mass is 14.3. The molecule has 0 aromatic heterocycles. The third-order valence-electron chi connectivity index (χ3n) is 28.4. The first-order valence-corrected chi connectivity index (χ1v) is 50.7. The maximum absolute atomic E-state index is 2.40. The Morgan fingerprint density at radius 2 is 0.345 bits per heavy atom. The number of benzene rings is 22. The highest BCUT2D eigenvalue weighted by Gasteiger charge is 2.27. The summed E-state index contributed by atoms with van der Waals surface area (Å²) in [4.78, 5) is 0. The Labute approximate surface area is 844 Å². The van der Waals surface area contributed by atoms with E-state index in [1.165, 1.54) is 282 Å². The van der Waals surface area contributed by atoms with Gasteiger partial charge < -0.3 is 0 Å². The molecule has 0 N–H and O–H groups in total. The number of hydrogen-bond donors (Lipinski definition) is 0. The molecule has 0 saturated carbocycles. The Hall–Kier alpha value is -15.6. The molecule has 0 atom stereocenters. The normalized spacial score (nSPS) is 11.6. The summed E-state index contributed by atoms with van der Waals surface area (Å²) in [6, 6.07) is 154. The summed E-state index contributed by atoms with van der Waals surface area (Å²) < 4.78 is 0. The zero-order valence-electron chi connectivity index (χ0n) is 85.7. The van der Waals surface area contributed by atoms with Gasteiger partial charge in [-0.3, -0.25) is 0 Å². The number of fused-ring (bicyclic) bond motifs is 6. The van der Waals surface area contributed by atoms with Crippen LogP contribution in [0.5, 0.6) is 0 Å². The average molecular weight is 1840 g/mol. The second-order valence-corrected chi connectivity index (χ2v) is 40.1. The van der Waals surface area contributed by atoms with Gasteiger partial charge in [0.05, 0.1) is 0 Å². The second-order valence-electron chi connectivity index (χ2n) is 40.1. The Bertz CT molecular complexity index is 7620. The van der Waals surface area contributed by atoms with Crippen LogP contribution in [0.4, 0.5) is 0 Å². The maximum Gasteiger partial charge on any atom is -0.00266 e. The Morgan fingerprint density at radius 3 is 0.648 bits per heavy atom. The van der Waals surface area contributed by atoms with Crippen LogP contribution in [-0.2, 0) is 38.5 Å². The lowest BCUT2D eigenvalue weighted by Crippen LogP contribution is -2.14.